The molecule has 0 aliphatic rings. The molecule has 1 heterocycles. The van der Waals surface area contributed by atoms with Crippen LogP contribution in [-0.4, -0.2) is 9.78 Å². The Balaban J connectivity index is 2.91. The third-order valence-electron chi connectivity index (χ3n) is 2.47. The van der Waals surface area contributed by atoms with Gasteiger partial charge in [0.25, 0.3) is 0 Å². The lowest BCUT2D eigenvalue weighted by Gasteiger charge is -2.20. The minimum atomic E-state index is -2.54. The van der Waals surface area contributed by atoms with Crippen LogP contribution < -0.4 is 0 Å². The van der Waals surface area contributed by atoms with Crippen LogP contribution in [0.15, 0.2) is 12.4 Å². The second-order valence-electron chi connectivity index (χ2n) is 3.72. The molecule has 0 aliphatic heterocycles. The average Bonchev–Trinajstić information content (AvgIpc) is 2.52. The third kappa shape index (κ3) is 2.05. The van der Waals surface area contributed by atoms with Gasteiger partial charge in [0.05, 0.1) is 6.20 Å². The fourth-order valence-electron chi connectivity index (χ4n) is 0.998. The average molecular weight is 188 g/mol. The summed E-state index contributed by atoms with van der Waals surface area (Å²) in [6, 6.07) is 0. The van der Waals surface area contributed by atoms with E-state index in [0.29, 0.717) is 4.68 Å². The predicted molar refractivity (Wildman–Crippen MR) is 46.8 cm³/mol. The number of hydrogen-bond acceptors (Lipinski definition) is 1. The first kappa shape index (κ1) is 10.2. The molecule has 0 radical (unpaired) electrons. The van der Waals surface area contributed by atoms with Crippen molar-refractivity contribution in [3.63, 3.8) is 0 Å². The SMILES string of the molecule is CCC(C)(C)c1cnn(C(F)F)c1. The van der Waals surface area contributed by atoms with E-state index in [1.54, 1.807) is 0 Å². The highest BCUT2D eigenvalue weighted by Crippen LogP contribution is 2.26. The Hall–Kier alpha value is -0.930. The molecule has 2 nitrogen and oxygen atoms in total. The molecule has 0 saturated carbocycles. The van der Waals surface area contributed by atoms with E-state index in [9.17, 15) is 8.78 Å². The van der Waals surface area contributed by atoms with Crippen molar-refractivity contribution in [1.82, 2.24) is 9.78 Å². The van der Waals surface area contributed by atoms with Crippen molar-refractivity contribution in [3.8, 4) is 0 Å². The summed E-state index contributed by atoms with van der Waals surface area (Å²) in [6.45, 7) is 3.51. The van der Waals surface area contributed by atoms with Gasteiger partial charge in [0.1, 0.15) is 0 Å². The first-order valence-electron chi connectivity index (χ1n) is 4.30. The number of hydrogen-bond donors (Lipinski definition) is 0. The van der Waals surface area contributed by atoms with Gasteiger partial charge < -0.3 is 0 Å². The van der Waals surface area contributed by atoms with Gasteiger partial charge in [-0.05, 0) is 17.4 Å². The highest BCUT2D eigenvalue weighted by molar-refractivity contribution is 5.16. The molecule has 0 aromatic carbocycles. The van der Waals surface area contributed by atoms with Crippen molar-refractivity contribution in [1.29, 1.82) is 0 Å². The molecule has 0 aliphatic carbocycles. The first-order chi connectivity index (χ1) is 5.97. The molecule has 0 atom stereocenters. The van der Waals surface area contributed by atoms with Gasteiger partial charge in [-0.1, -0.05) is 20.8 Å². The van der Waals surface area contributed by atoms with E-state index in [1.807, 2.05) is 20.8 Å². The zero-order valence-electron chi connectivity index (χ0n) is 8.09. The van der Waals surface area contributed by atoms with Crippen LogP contribution in [0.5, 0.6) is 0 Å². The Morgan fingerprint density at radius 1 is 1.54 bits per heavy atom. The number of rotatable bonds is 3. The van der Waals surface area contributed by atoms with Gasteiger partial charge in [0.15, 0.2) is 0 Å². The topological polar surface area (TPSA) is 17.8 Å². The fourth-order valence-corrected chi connectivity index (χ4v) is 0.998. The normalized spacial score (nSPS) is 12.5. The van der Waals surface area contributed by atoms with Crippen LogP contribution in [0.3, 0.4) is 0 Å². The highest BCUT2D eigenvalue weighted by Gasteiger charge is 2.21. The van der Waals surface area contributed by atoms with Gasteiger partial charge in [-0.2, -0.15) is 13.9 Å². The van der Waals surface area contributed by atoms with E-state index < -0.39 is 6.55 Å². The van der Waals surface area contributed by atoms with Crippen LogP contribution in [0, 0.1) is 0 Å². The van der Waals surface area contributed by atoms with Crippen molar-refractivity contribution >= 4 is 0 Å². The summed E-state index contributed by atoms with van der Waals surface area (Å²) in [7, 11) is 0. The van der Waals surface area contributed by atoms with Crippen LogP contribution in [0.4, 0.5) is 8.78 Å². The molecule has 1 rings (SSSR count). The van der Waals surface area contributed by atoms with Crippen molar-refractivity contribution in [2.75, 3.05) is 0 Å². The molecule has 74 valence electrons. The maximum absolute atomic E-state index is 12.2. The maximum atomic E-state index is 12.2. The largest absolute Gasteiger partial charge is 0.333 e. The van der Waals surface area contributed by atoms with Crippen LogP contribution in [0.1, 0.15) is 39.3 Å². The molecular formula is C9H14F2N2. The van der Waals surface area contributed by atoms with E-state index in [0.717, 1.165) is 12.0 Å². The lowest BCUT2D eigenvalue weighted by molar-refractivity contribution is 0.0564. The molecule has 0 bridgehead atoms. The third-order valence-corrected chi connectivity index (χ3v) is 2.47. The Labute approximate surface area is 76.6 Å². The molecule has 13 heavy (non-hydrogen) atoms. The molecule has 0 N–H and O–H groups in total. The Bertz CT molecular complexity index is 279. The van der Waals surface area contributed by atoms with Crippen LogP contribution in [0.25, 0.3) is 0 Å². The minimum absolute atomic E-state index is 0.0762. The van der Waals surface area contributed by atoms with Gasteiger partial charge in [-0.15, -0.1) is 0 Å². The maximum Gasteiger partial charge on any atom is 0.333 e. The van der Waals surface area contributed by atoms with Gasteiger partial charge in [0.2, 0.25) is 0 Å². The Morgan fingerprint density at radius 3 is 2.54 bits per heavy atom. The van der Waals surface area contributed by atoms with E-state index in [2.05, 4.69) is 5.10 Å². The summed E-state index contributed by atoms with van der Waals surface area (Å²) >= 11 is 0. The summed E-state index contributed by atoms with van der Waals surface area (Å²) in [5.74, 6) is 0. The zero-order chi connectivity index (χ0) is 10.1. The van der Waals surface area contributed by atoms with E-state index in [1.165, 1.54) is 12.4 Å². The first-order valence-corrected chi connectivity index (χ1v) is 4.30. The second-order valence-corrected chi connectivity index (χ2v) is 3.72. The summed E-state index contributed by atoms with van der Waals surface area (Å²) in [5.41, 5.74) is 0.781. The Kier molecular flexibility index (Phi) is 2.68. The zero-order valence-corrected chi connectivity index (χ0v) is 8.09. The number of nitrogens with zero attached hydrogens (tertiary/aromatic N) is 2. The molecular weight excluding hydrogens is 174 g/mol. The standard InChI is InChI=1S/C9H14F2N2/c1-4-9(2,3)7-5-12-13(6-7)8(10)11/h5-6,8H,4H2,1-3H3. The van der Waals surface area contributed by atoms with Crippen molar-refractivity contribution in [3.05, 3.63) is 18.0 Å². The molecule has 0 unspecified atom stereocenters. The lowest BCUT2D eigenvalue weighted by atomic mass is 9.84. The summed E-state index contributed by atoms with van der Waals surface area (Å²) in [4.78, 5) is 0. The summed E-state index contributed by atoms with van der Waals surface area (Å²) < 4.78 is 25.0. The minimum Gasteiger partial charge on any atom is -0.211 e. The van der Waals surface area contributed by atoms with E-state index >= 15 is 0 Å². The number of alkyl halides is 2. The van der Waals surface area contributed by atoms with Crippen LogP contribution >= 0.6 is 0 Å². The van der Waals surface area contributed by atoms with E-state index in [4.69, 9.17) is 0 Å². The van der Waals surface area contributed by atoms with Gasteiger partial charge in [-0.3, -0.25) is 0 Å². The monoisotopic (exact) mass is 188 g/mol. The van der Waals surface area contributed by atoms with Gasteiger partial charge in [0, 0.05) is 6.20 Å². The smallest absolute Gasteiger partial charge is 0.211 e. The fraction of sp³-hybridized carbons (Fsp3) is 0.667. The molecule has 1 aromatic heterocycles. The molecule has 0 amide bonds. The molecule has 0 spiro atoms. The Morgan fingerprint density at radius 2 is 2.15 bits per heavy atom. The quantitative estimate of drug-likeness (QED) is 0.713. The molecule has 4 heteroatoms. The second kappa shape index (κ2) is 3.44. The molecule has 0 fully saturated rings. The number of halogens is 2. The van der Waals surface area contributed by atoms with E-state index in [-0.39, 0.29) is 5.41 Å². The van der Waals surface area contributed by atoms with Crippen LogP contribution in [-0.2, 0) is 5.41 Å². The van der Waals surface area contributed by atoms with Crippen LogP contribution in [0.2, 0.25) is 0 Å². The molecule has 0 saturated heterocycles. The van der Waals surface area contributed by atoms with Gasteiger partial charge in [-0.25, -0.2) is 4.68 Å². The van der Waals surface area contributed by atoms with Crippen molar-refractivity contribution in [2.24, 2.45) is 0 Å². The highest BCUT2D eigenvalue weighted by atomic mass is 19.3. The predicted octanol–water partition coefficient (Wildman–Crippen LogP) is 2.97. The lowest BCUT2D eigenvalue weighted by Crippen LogP contribution is -2.14. The van der Waals surface area contributed by atoms with Crippen molar-refractivity contribution in [2.45, 2.75) is 39.2 Å². The molecule has 1 aromatic rings. The summed E-state index contributed by atoms with van der Waals surface area (Å²) in [6.07, 6.45) is 3.83. The van der Waals surface area contributed by atoms with Gasteiger partial charge >= 0.3 is 6.55 Å². The number of aromatic nitrogens is 2. The summed E-state index contributed by atoms with van der Waals surface area (Å²) in [5, 5.41) is 3.60. The van der Waals surface area contributed by atoms with Crippen molar-refractivity contribution < 1.29 is 8.78 Å².